The van der Waals surface area contributed by atoms with E-state index >= 15 is 0 Å². The fraction of sp³-hybridized carbons (Fsp3) is 0.385. The third-order valence-corrected chi connectivity index (χ3v) is 2.62. The molecule has 0 heterocycles. The molecule has 0 radical (unpaired) electrons. The Hall–Kier alpha value is -1.67. The van der Waals surface area contributed by atoms with E-state index in [9.17, 15) is 18.0 Å². The Morgan fingerprint density at radius 2 is 2.10 bits per heavy atom. The summed E-state index contributed by atoms with van der Waals surface area (Å²) in [4.78, 5) is 11.8. The second-order valence-electron chi connectivity index (χ2n) is 4.26. The lowest BCUT2D eigenvalue weighted by atomic mass is 10.2. The first-order valence-corrected chi connectivity index (χ1v) is 6.53. The zero-order valence-electron chi connectivity index (χ0n) is 11.1. The van der Waals surface area contributed by atoms with E-state index in [0.29, 0.717) is 11.3 Å². The van der Waals surface area contributed by atoms with Crippen LogP contribution in [0.25, 0.3) is 0 Å². The number of alkyl halides is 3. The van der Waals surface area contributed by atoms with E-state index in [1.54, 1.807) is 24.3 Å². The van der Waals surface area contributed by atoms with Gasteiger partial charge in [0.2, 0.25) is 5.91 Å². The van der Waals surface area contributed by atoms with Gasteiger partial charge in [0, 0.05) is 24.3 Å². The molecule has 0 spiro atoms. The monoisotopic (exact) mass is 320 g/mol. The number of thiocarbonyl (C=S) groups is 1. The van der Waals surface area contributed by atoms with E-state index in [1.165, 1.54) is 0 Å². The first-order chi connectivity index (χ1) is 9.78. The molecular weight excluding hydrogens is 305 g/mol. The van der Waals surface area contributed by atoms with E-state index in [4.69, 9.17) is 18.0 Å². The van der Waals surface area contributed by atoms with E-state index in [0.717, 1.165) is 0 Å². The average Bonchev–Trinajstić information content (AvgIpc) is 2.37. The molecule has 0 aliphatic carbocycles. The predicted octanol–water partition coefficient (Wildman–Crippen LogP) is 2.62. The highest BCUT2D eigenvalue weighted by atomic mass is 32.1. The largest absolute Gasteiger partial charge is 0.411 e. The van der Waals surface area contributed by atoms with Crippen LogP contribution in [0.15, 0.2) is 24.3 Å². The summed E-state index contributed by atoms with van der Waals surface area (Å²) in [6.45, 7) is -1.43. The quantitative estimate of drug-likeness (QED) is 0.599. The molecule has 0 saturated carbocycles. The van der Waals surface area contributed by atoms with Crippen LogP contribution in [0.3, 0.4) is 0 Å². The minimum Gasteiger partial charge on any atom is -0.389 e. The maximum Gasteiger partial charge on any atom is 0.411 e. The summed E-state index contributed by atoms with van der Waals surface area (Å²) in [6.07, 6.45) is -4.07. The van der Waals surface area contributed by atoms with E-state index in [2.05, 4.69) is 10.1 Å². The minimum absolute atomic E-state index is 0.0646. The number of nitrogens with two attached hydrogens (primary N) is 1. The molecule has 8 heteroatoms. The first-order valence-electron chi connectivity index (χ1n) is 6.12. The maximum absolute atomic E-state index is 11.8. The van der Waals surface area contributed by atoms with Gasteiger partial charge in [-0.05, 0) is 18.6 Å². The normalized spacial score (nSPS) is 11.2. The maximum atomic E-state index is 11.8. The lowest BCUT2D eigenvalue weighted by Gasteiger charge is -2.08. The molecule has 1 amide bonds. The Balaban J connectivity index is 2.31. The Morgan fingerprint density at radius 1 is 1.38 bits per heavy atom. The van der Waals surface area contributed by atoms with Crippen molar-refractivity contribution in [1.82, 2.24) is 0 Å². The number of amides is 1. The number of benzene rings is 1. The lowest BCUT2D eigenvalue weighted by molar-refractivity contribution is -0.174. The number of ether oxygens (including phenoxy) is 1. The van der Waals surface area contributed by atoms with Crippen molar-refractivity contribution >= 4 is 28.8 Å². The van der Waals surface area contributed by atoms with Crippen LogP contribution in [0.5, 0.6) is 0 Å². The Morgan fingerprint density at radius 3 is 2.71 bits per heavy atom. The van der Waals surface area contributed by atoms with Crippen molar-refractivity contribution in [3.63, 3.8) is 0 Å². The second-order valence-corrected chi connectivity index (χ2v) is 4.70. The summed E-state index contributed by atoms with van der Waals surface area (Å²) < 4.78 is 39.8. The van der Waals surface area contributed by atoms with Crippen LogP contribution in [0.2, 0.25) is 0 Å². The standard InChI is InChI=1S/C13H15F3N2O2S/c14-13(15,16)8-20-6-2-5-11(19)18-10-4-1-3-9(7-10)12(17)21/h1,3-4,7H,2,5-6,8H2,(H2,17,21)(H,18,19). The third-order valence-electron chi connectivity index (χ3n) is 2.39. The summed E-state index contributed by atoms with van der Waals surface area (Å²) in [5.74, 6) is -0.314. The molecule has 0 aliphatic rings. The molecule has 0 fully saturated rings. The van der Waals surface area contributed by atoms with Crippen molar-refractivity contribution in [2.24, 2.45) is 5.73 Å². The fourth-order valence-electron chi connectivity index (χ4n) is 1.50. The number of hydrogen-bond acceptors (Lipinski definition) is 3. The van der Waals surface area contributed by atoms with Crippen molar-refractivity contribution in [1.29, 1.82) is 0 Å². The van der Waals surface area contributed by atoms with E-state index in [-0.39, 0.29) is 30.3 Å². The topological polar surface area (TPSA) is 64.3 Å². The molecule has 0 aliphatic heterocycles. The van der Waals surface area contributed by atoms with Gasteiger partial charge < -0.3 is 15.8 Å². The van der Waals surface area contributed by atoms with Gasteiger partial charge in [0.15, 0.2) is 0 Å². The first kappa shape index (κ1) is 17.4. The number of halogens is 3. The molecule has 3 N–H and O–H groups in total. The highest BCUT2D eigenvalue weighted by Gasteiger charge is 2.27. The summed E-state index contributed by atoms with van der Waals surface area (Å²) in [6, 6.07) is 6.69. The average molecular weight is 320 g/mol. The molecular formula is C13H15F3N2O2S. The number of carbonyl (C=O) groups is 1. The molecule has 21 heavy (non-hydrogen) atoms. The van der Waals surface area contributed by atoms with Crippen LogP contribution in [-0.2, 0) is 9.53 Å². The molecule has 0 atom stereocenters. The van der Waals surface area contributed by atoms with Gasteiger partial charge >= 0.3 is 6.18 Å². The zero-order chi connectivity index (χ0) is 15.9. The summed E-state index contributed by atoms with van der Waals surface area (Å²) in [5, 5.41) is 2.61. The molecule has 0 aromatic heterocycles. The van der Waals surface area contributed by atoms with Gasteiger partial charge in [-0.3, -0.25) is 4.79 Å². The molecule has 1 rings (SSSR count). The van der Waals surface area contributed by atoms with Crippen molar-refractivity contribution in [3.8, 4) is 0 Å². The number of nitrogens with one attached hydrogen (secondary N) is 1. The van der Waals surface area contributed by atoms with E-state index in [1.807, 2.05) is 0 Å². The van der Waals surface area contributed by atoms with Crippen molar-refractivity contribution in [3.05, 3.63) is 29.8 Å². The highest BCUT2D eigenvalue weighted by Crippen LogP contribution is 2.15. The van der Waals surface area contributed by atoms with Crippen LogP contribution in [-0.4, -0.2) is 30.3 Å². The zero-order valence-corrected chi connectivity index (χ0v) is 11.9. The fourth-order valence-corrected chi connectivity index (χ4v) is 1.62. The smallest absolute Gasteiger partial charge is 0.389 e. The molecule has 116 valence electrons. The number of carbonyl (C=O) groups excluding carboxylic acids is 1. The van der Waals surface area contributed by atoms with Crippen molar-refractivity contribution in [2.75, 3.05) is 18.5 Å². The molecule has 0 unspecified atom stereocenters. The number of anilines is 1. The van der Waals surface area contributed by atoms with Crippen LogP contribution in [0.4, 0.5) is 18.9 Å². The SMILES string of the molecule is NC(=S)c1cccc(NC(=O)CCCOCC(F)(F)F)c1. The van der Waals surface area contributed by atoms with Gasteiger partial charge in [0.05, 0.1) is 0 Å². The second kappa shape index (κ2) is 7.94. The van der Waals surface area contributed by atoms with Crippen LogP contribution < -0.4 is 11.1 Å². The van der Waals surface area contributed by atoms with Crippen LogP contribution in [0.1, 0.15) is 18.4 Å². The highest BCUT2D eigenvalue weighted by molar-refractivity contribution is 7.80. The Bertz CT molecular complexity index is 506. The predicted molar refractivity (Wildman–Crippen MR) is 77.1 cm³/mol. The summed E-state index contributed by atoms with van der Waals surface area (Å²) >= 11 is 4.82. The van der Waals surface area contributed by atoms with Crippen LogP contribution in [0, 0.1) is 0 Å². The van der Waals surface area contributed by atoms with Gasteiger partial charge in [-0.15, -0.1) is 0 Å². The Labute approximate surface area is 125 Å². The van der Waals surface area contributed by atoms with Crippen molar-refractivity contribution in [2.45, 2.75) is 19.0 Å². The Kier molecular flexibility index (Phi) is 6.57. The van der Waals surface area contributed by atoms with Crippen LogP contribution >= 0.6 is 12.2 Å². The summed E-state index contributed by atoms with van der Waals surface area (Å²) in [5.41, 5.74) is 6.62. The molecule has 1 aromatic carbocycles. The summed E-state index contributed by atoms with van der Waals surface area (Å²) in [7, 11) is 0. The van der Waals surface area contributed by atoms with Gasteiger partial charge in [0.25, 0.3) is 0 Å². The number of rotatable bonds is 7. The lowest BCUT2D eigenvalue weighted by Crippen LogP contribution is -2.18. The van der Waals surface area contributed by atoms with Gasteiger partial charge in [-0.1, -0.05) is 24.4 Å². The van der Waals surface area contributed by atoms with E-state index < -0.39 is 12.8 Å². The minimum atomic E-state index is -4.34. The molecule has 0 saturated heterocycles. The molecule has 4 nitrogen and oxygen atoms in total. The van der Waals surface area contributed by atoms with Crippen molar-refractivity contribution < 1.29 is 22.7 Å². The van der Waals surface area contributed by atoms with Gasteiger partial charge in [0.1, 0.15) is 11.6 Å². The number of hydrogen-bond donors (Lipinski definition) is 2. The third kappa shape index (κ3) is 7.62. The van der Waals surface area contributed by atoms with Gasteiger partial charge in [-0.2, -0.15) is 13.2 Å². The molecule has 1 aromatic rings. The molecule has 0 bridgehead atoms. The van der Waals surface area contributed by atoms with Gasteiger partial charge in [-0.25, -0.2) is 0 Å².